The lowest BCUT2D eigenvalue weighted by Gasteiger charge is -2.53. The number of aromatic nitrogens is 2. The van der Waals surface area contributed by atoms with Gasteiger partial charge in [-0.2, -0.15) is 0 Å². The number of carbonyl (C=O) groups is 1. The molecule has 2 saturated heterocycles. The lowest BCUT2D eigenvalue weighted by molar-refractivity contribution is 0.0751. The van der Waals surface area contributed by atoms with Gasteiger partial charge in [-0.05, 0) is 51.4 Å². The predicted molar refractivity (Wildman–Crippen MR) is 112 cm³/mol. The zero-order chi connectivity index (χ0) is 21.3. The summed E-state index contributed by atoms with van der Waals surface area (Å²) in [5.41, 5.74) is 0.467. The molecule has 0 bridgehead atoms. The first-order valence-electron chi connectivity index (χ1n) is 10.4. The number of hydrogen-bond acceptors (Lipinski definition) is 6. The van der Waals surface area contributed by atoms with Crippen molar-refractivity contribution in [2.24, 2.45) is 5.41 Å². The predicted octanol–water partition coefficient (Wildman–Crippen LogP) is 3.08. The van der Waals surface area contributed by atoms with Crippen LogP contribution in [0.15, 0.2) is 30.7 Å². The number of amides is 1. The summed E-state index contributed by atoms with van der Waals surface area (Å²) in [6.07, 6.45) is 5.48. The standard InChI is InChI=1S/C22H28FN5O2/c1-15(2)27(3)21(29)17-9-16(23)5-6-18(17)30-19-10-25-14-26-20(19)28-12-22(13-28)7-4-8-24-11-22/h5-6,9-10,14-15,24H,4,7-8,11-13H2,1-3H3. The number of rotatable bonds is 5. The van der Waals surface area contributed by atoms with Crippen LogP contribution in [0, 0.1) is 11.2 Å². The highest BCUT2D eigenvalue weighted by Crippen LogP contribution is 2.42. The molecule has 1 N–H and O–H groups in total. The minimum Gasteiger partial charge on any atom is -0.451 e. The Balaban J connectivity index is 1.58. The molecule has 160 valence electrons. The third kappa shape index (κ3) is 3.96. The van der Waals surface area contributed by atoms with Crippen molar-refractivity contribution in [3.63, 3.8) is 0 Å². The molecular weight excluding hydrogens is 385 g/mol. The Morgan fingerprint density at radius 2 is 2.13 bits per heavy atom. The van der Waals surface area contributed by atoms with Crippen molar-refractivity contribution in [1.82, 2.24) is 20.2 Å². The number of carbonyl (C=O) groups excluding carboxylic acids is 1. The van der Waals surface area contributed by atoms with Crippen molar-refractivity contribution in [3.8, 4) is 11.5 Å². The van der Waals surface area contributed by atoms with Crippen LogP contribution in [0.25, 0.3) is 0 Å². The number of nitrogens with one attached hydrogen (secondary N) is 1. The van der Waals surface area contributed by atoms with Crippen molar-refractivity contribution in [2.45, 2.75) is 32.7 Å². The van der Waals surface area contributed by atoms with E-state index in [4.69, 9.17) is 4.74 Å². The molecule has 2 aliphatic heterocycles. The van der Waals surface area contributed by atoms with Crippen molar-refractivity contribution in [2.75, 3.05) is 38.1 Å². The molecule has 8 heteroatoms. The summed E-state index contributed by atoms with van der Waals surface area (Å²) in [6.45, 7) is 7.71. The quantitative estimate of drug-likeness (QED) is 0.812. The van der Waals surface area contributed by atoms with Crippen LogP contribution in [-0.4, -0.2) is 60.0 Å². The minimum absolute atomic E-state index is 0.0226. The van der Waals surface area contributed by atoms with Crippen LogP contribution >= 0.6 is 0 Å². The van der Waals surface area contributed by atoms with Crippen molar-refractivity contribution >= 4 is 11.7 Å². The van der Waals surface area contributed by atoms with E-state index in [9.17, 15) is 9.18 Å². The summed E-state index contributed by atoms with van der Waals surface area (Å²) in [6, 6.07) is 3.96. The van der Waals surface area contributed by atoms with Gasteiger partial charge in [0, 0.05) is 38.1 Å². The lowest BCUT2D eigenvalue weighted by Crippen LogP contribution is -2.62. The van der Waals surface area contributed by atoms with Gasteiger partial charge < -0.3 is 19.9 Å². The fourth-order valence-corrected chi connectivity index (χ4v) is 4.13. The first-order valence-corrected chi connectivity index (χ1v) is 10.4. The Hall–Kier alpha value is -2.74. The maximum atomic E-state index is 13.9. The van der Waals surface area contributed by atoms with Gasteiger partial charge in [-0.1, -0.05) is 0 Å². The molecule has 3 heterocycles. The number of nitrogens with zero attached hydrogens (tertiary/aromatic N) is 4. The van der Waals surface area contributed by atoms with E-state index >= 15 is 0 Å². The highest BCUT2D eigenvalue weighted by molar-refractivity contribution is 5.97. The number of piperidine rings is 1. The van der Waals surface area contributed by atoms with Gasteiger partial charge in [-0.15, -0.1) is 0 Å². The van der Waals surface area contributed by atoms with Crippen LogP contribution in [0.2, 0.25) is 0 Å². The number of hydrogen-bond donors (Lipinski definition) is 1. The summed E-state index contributed by atoms with van der Waals surface area (Å²) in [5.74, 6) is 0.667. The third-order valence-corrected chi connectivity index (χ3v) is 6.06. The van der Waals surface area contributed by atoms with Crippen LogP contribution in [0.3, 0.4) is 0 Å². The van der Waals surface area contributed by atoms with E-state index in [0.29, 0.717) is 17.3 Å². The van der Waals surface area contributed by atoms with Crippen LogP contribution in [0.4, 0.5) is 10.2 Å². The van der Waals surface area contributed by atoms with Gasteiger partial charge >= 0.3 is 0 Å². The third-order valence-electron chi connectivity index (χ3n) is 6.06. The normalized spacial score (nSPS) is 17.7. The lowest BCUT2D eigenvalue weighted by atomic mass is 9.74. The summed E-state index contributed by atoms with van der Waals surface area (Å²) >= 11 is 0. The van der Waals surface area contributed by atoms with Crippen LogP contribution in [-0.2, 0) is 0 Å². The second-order valence-corrected chi connectivity index (χ2v) is 8.60. The van der Waals surface area contributed by atoms with Gasteiger partial charge in [-0.25, -0.2) is 14.4 Å². The van der Waals surface area contributed by atoms with Crippen molar-refractivity contribution < 1.29 is 13.9 Å². The molecule has 0 saturated carbocycles. The maximum Gasteiger partial charge on any atom is 0.257 e. The van der Waals surface area contributed by atoms with Crippen LogP contribution in [0.5, 0.6) is 11.5 Å². The fraction of sp³-hybridized carbons (Fsp3) is 0.500. The zero-order valence-electron chi connectivity index (χ0n) is 17.7. The molecule has 1 aromatic carbocycles. The van der Waals surface area contributed by atoms with E-state index in [0.717, 1.165) is 26.2 Å². The van der Waals surface area contributed by atoms with E-state index < -0.39 is 5.82 Å². The minimum atomic E-state index is -0.484. The second-order valence-electron chi connectivity index (χ2n) is 8.60. The van der Waals surface area contributed by atoms with Gasteiger partial charge in [0.25, 0.3) is 5.91 Å². The Labute approximate surface area is 176 Å². The molecular formula is C22H28FN5O2. The van der Waals surface area contributed by atoms with Gasteiger partial charge in [0.15, 0.2) is 11.6 Å². The molecule has 2 aliphatic rings. The molecule has 4 rings (SSSR count). The monoisotopic (exact) mass is 413 g/mol. The fourth-order valence-electron chi connectivity index (χ4n) is 4.13. The smallest absolute Gasteiger partial charge is 0.257 e. The molecule has 2 fully saturated rings. The molecule has 0 aliphatic carbocycles. The first kappa shape index (κ1) is 20.5. The molecule has 1 aromatic heterocycles. The summed E-state index contributed by atoms with van der Waals surface area (Å²) < 4.78 is 20.0. The largest absolute Gasteiger partial charge is 0.451 e. The van der Waals surface area contributed by atoms with E-state index in [2.05, 4.69) is 20.2 Å². The number of benzene rings is 1. The SMILES string of the molecule is CC(C)N(C)C(=O)c1cc(F)ccc1Oc1cncnc1N1CC2(CCCNC2)C1. The Morgan fingerprint density at radius 3 is 2.83 bits per heavy atom. The second kappa shape index (κ2) is 8.18. The molecule has 7 nitrogen and oxygen atoms in total. The van der Waals surface area contributed by atoms with E-state index in [1.807, 2.05) is 13.8 Å². The van der Waals surface area contributed by atoms with Gasteiger partial charge in [0.1, 0.15) is 17.9 Å². The topological polar surface area (TPSA) is 70.6 Å². The van der Waals surface area contributed by atoms with Crippen LogP contribution in [0.1, 0.15) is 37.0 Å². The summed E-state index contributed by atoms with van der Waals surface area (Å²) in [7, 11) is 1.69. The van der Waals surface area contributed by atoms with Gasteiger partial charge in [0.2, 0.25) is 0 Å². The zero-order valence-corrected chi connectivity index (χ0v) is 17.7. The van der Waals surface area contributed by atoms with Crippen molar-refractivity contribution in [1.29, 1.82) is 0 Å². The molecule has 2 aromatic rings. The highest BCUT2D eigenvalue weighted by Gasteiger charge is 2.45. The summed E-state index contributed by atoms with van der Waals surface area (Å²) in [4.78, 5) is 25.1. The summed E-state index contributed by atoms with van der Waals surface area (Å²) in [5, 5.41) is 3.48. The molecule has 1 spiro atoms. The average molecular weight is 413 g/mol. The Morgan fingerprint density at radius 1 is 1.33 bits per heavy atom. The first-order chi connectivity index (χ1) is 14.4. The molecule has 0 radical (unpaired) electrons. The molecule has 1 amide bonds. The molecule has 30 heavy (non-hydrogen) atoms. The molecule has 0 unspecified atom stereocenters. The number of ether oxygens (including phenoxy) is 1. The molecule has 0 atom stereocenters. The van der Waals surface area contributed by atoms with Gasteiger partial charge in [0.05, 0.1) is 11.8 Å². The Bertz CT molecular complexity index is 921. The van der Waals surface area contributed by atoms with Crippen molar-refractivity contribution in [3.05, 3.63) is 42.1 Å². The van der Waals surface area contributed by atoms with E-state index in [-0.39, 0.29) is 22.9 Å². The number of anilines is 1. The highest BCUT2D eigenvalue weighted by atomic mass is 19.1. The maximum absolute atomic E-state index is 13.9. The van der Waals surface area contributed by atoms with Gasteiger partial charge in [-0.3, -0.25) is 4.79 Å². The average Bonchev–Trinajstić information content (AvgIpc) is 2.73. The van der Waals surface area contributed by atoms with Crippen LogP contribution < -0.4 is 15.0 Å². The Kier molecular flexibility index (Phi) is 5.60. The van der Waals surface area contributed by atoms with E-state index in [1.54, 1.807) is 18.1 Å². The number of halogens is 1. The van der Waals surface area contributed by atoms with E-state index in [1.165, 1.54) is 37.4 Å².